The molecule has 1 saturated carbocycles. The lowest BCUT2D eigenvalue weighted by Gasteiger charge is -2.27. The molecule has 6 heteroatoms. The van der Waals surface area contributed by atoms with E-state index in [1.165, 1.54) is 22.2 Å². The third kappa shape index (κ3) is 3.38. The van der Waals surface area contributed by atoms with Crippen molar-refractivity contribution in [1.82, 2.24) is 14.5 Å². The van der Waals surface area contributed by atoms with Crippen LogP contribution >= 0.6 is 11.3 Å². The zero-order valence-electron chi connectivity index (χ0n) is 15.9. The Morgan fingerprint density at radius 1 is 1.14 bits per heavy atom. The minimum Gasteiger partial charge on any atom is -0.391 e. The second-order valence-electron chi connectivity index (χ2n) is 7.79. The molecule has 144 valence electrons. The van der Waals surface area contributed by atoms with Crippen molar-refractivity contribution >= 4 is 37.7 Å². The van der Waals surface area contributed by atoms with Crippen LogP contribution in [0.2, 0.25) is 0 Å². The summed E-state index contributed by atoms with van der Waals surface area (Å²) in [5.41, 5.74) is 5.67. The molecule has 2 aromatic carbocycles. The number of imidazole rings is 1. The van der Waals surface area contributed by atoms with Gasteiger partial charge in [-0.3, -0.25) is 0 Å². The Labute approximate surface area is 168 Å². The van der Waals surface area contributed by atoms with Crippen LogP contribution in [0.4, 0.5) is 5.13 Å². The van der Waals surface area contributed by atoms with Gasteiger partial charge in [0.1, 0.15) is 0 Å². The number of aliphatic hydroxyl groups excluding tert-OH is 1. The van der Waals surface area contributed by atoms with Crippen molar-refractivity contribution in [3.63, 3.8) is 0 Å². The highest BCUT2D eigenvalue weighted by Crippen LogP contribution is 2.30. The quantitative estimate of drug-likeness (QED) is 0.528. The van der Waals surface area contributed by atoms with Crippen LogP contribution in [0.3, 0.4) is 0 Å². The minimum atomic E-state index is -0.269. The Kier molecular flexibility index (Phi) is 4.53. The Hall–Kier alpha value is -2.44. The molecule has 2 aromatic heterocycles. The number of thiazole rings is 1. The third-order valence-corrected chi connectivity index (χ3v) is 6.57. The van der Waals surface area contributed by atoms with E-state index < -0.39 is 0 Å². The smallest absolute Gasteiger partial charge is 0.184 e. The van der Waals surface area contributed by atoms with E-state index in [1.807, 2.05) is 6.33 Å². The highest BCUT2D eigenvalue weighted by molar-refractivity contribution is 7.22. The average Bonchev–Trinajstić information content (AvgIpc) is 3.26. The van der Waals surface area contributed by atoms with Gasteiger partial charge in [0, 0.05) is 6.54 Å². The fourth-order valence-electron chi connectivity index (χ4n) is 4.06. The van der Waals surface area contributed by atoms with Crippen LogP contribution in [-0.4, -0.2) is 31.8 Å². The predicted octanol–water partition coefficient (Wildman–Crippen LogP) is 4.72. The molecule has 2 atom stereocenters. The summed E-state index contributed by atoms with van der Waals surface area (Å²) in [7, 11) is 0. The van der Waals surface area contributed by atoms with Crippen molar-refractivity contribution in [2.24, 2.45) is 0 Å². The fraction of sp³-hybridized carbons (Fsp3) is 0.364. The van der Waals surface area contributed by atoms with Crippen LogP contribution in [-0.2, 0) is 6.54 Å². The molecule has 0 spiro atoms. The second-order valence-corrected chi connectivity index (χ2v) is 8.82. The maximum Gasteiger partial charge on any atom is 0.184 e. The first kappa shape index (κ1) is 17.6. The van der Waals surface area contributed by atoms with E-state index >= 15 is 0 Å². The molecule has 0 radical (unpaired) electrons. The number of anilines is 1. The molecule has 1 fully saturated rings. The number of aryl methyl sites for hydroxylation is 1. The van der Waals surface area contributed by atoms with Crippen molar-refractivity contribution in [3.05, 3.63) is 53.9 Å². The lowest BCUT2D eigenvalue weighted by molar-refractivity contribution is 0.116. The van der Waals surface area contributed by atoms with Crippen molar-refractivity contribution in [1.29, 1.82) is 0 Å². The molecular weight excluding hydrogens is 368 g/mol. The molecule has 0 saturated heterocycles. The lowest BCUT2D eigenvalue weighted by atomic mass is 9.93. The molecule has 0 aliphatic heterocycles. The summed E-state index contributed by atoms with van der Waals surface area (Å²) >= 11 is 1.67. The molecule has 4 aromatic rings. The molecule has 2 N–H and O–H groups in total. The zero-order chi connectivity index (χ0) is 19.1. The van der Waals surface area contributed by atoms with Gasteiger partial charge in [-0.05, 0) is 55.2 Å². The monoisotopic (exact) mass is 392 g/mol. The van der Waals surface area contributed by atoms with E-state index in [-0.39, 0.29) is 12.1 Å². The van der Waals surface area contributed by atoms with E-state index in [0.717, 1.165) is 47.5 Å². The summed E-state index contributed by atoms with van der Waals surface area (Å²) in [6.07, 6.45) is 5.82. The van der Waals surface area contributed by atoms with E-state index in [9.17, 15) is 5.11 Å². The molecule has 5 rings (SSSR count). The van der Waals surface area contributed by atoms with E-state index in [2.05, 4.69) is 58.2 Å². The maximum atomic E-state index is 10.2. The first-order chi connectivity index (χ1) is 13.7. The summed E-state index contributed by atoms with van der Waals surface area (Å²) in [6, 6.07) is 13.0. The lowest BCUT2D eigenvalue weighted by Crippen LogP contribution is -2.36. The van der Waals surface area contributed by atoms with Gasteiger partial charge in [0.05, 0.1) is 39.7 Å². The largest absolute Gasteiger partial charge is 0.391 e. The van der Waals surface area contributed by atoms with Crippen molar-refractivity contribution in [2.45, 2.75) is 51.3 Å². The first-order valence-electron chi connectivity index (χ1n) is 9.91. The number of hydrogen-bond donors (Lipinski definition) is 2. The normalized spacial score (nSPS) is 20.1. The molecule has 2 unspecified atom stereocenters. The summed E-state index contributed by atoms with van der Waals surface area (Å²) in [5.74, 6) is 0. The molecule has 1 aliphatic carbocycles. The summed E-state index contributed by atoms with van der Waals surface area (Å²) in [4.78, 5) is 9.25. The Morgan fingerprint density at radius 3 is 2.93 bits per heavy atom. The molecule has 0 amide bonds. The number of nitrogens with zero attached hydrogens (tertiary/aromatic N) is 3. The van der Waals surface area contributed by atoms with Gasteiger partial charge in [-0.1, -0.05) is 36.3 Å². The Bertz CT molecular complexity index is 1130. The van der Waals surface area contributed by atoms with Gasteiger partial charge >= 0.3 is 0 Å². The van der Waals surface area contributed by atoms with E-state index in [1.54, 1.807) is 11.3 Å². The molecule has 1 aliphatic rings. The molecular formula is C22H24N4OS. The number of aromatic nitrogens is 3. The van der Waals surface area contributed by atoms with Gasteiger partial charge in [0.25, 0.3) is 0 Å². The molecule has 2 heterocycles. The van der Waals surface area contributed by atoms with Gasteiger partial charge in [-0.25, -0.2) is 9.97 Å². The van der Waals surface area contributed by atoms with Gasteiger partial charge in [0.2, 0.25) is 0 Å². The summed E-state index contributed by atoms with van der Waals surface area (Å²) < 4.78 is 3.36. The maximum absolute atomic E-state index is 10.2. The standard InChI is InChI=1S/C22H24N4OS/c1-14-6-9-19-18(10-14)23-13-26(19)12-15-7-8-17-21(11-15)28-22(25-17)24-16-4-2-3-5-20(16)27/h6-11,13,16,20,27H,2-5,12H2,1H3,(H,24,25). The van der Waals surface area contributed by atoms with Crippen molar-refractivity contribution in [3.8, 4) is 0 Å². The van der Waals surface area contributed by atoms with Gasteiger partial charge < -0.3 is 15.0 Å². The third-order valence-electron chi connectivity index (χ3n) is 5.62. The van der Waals surface area contributed by atoms with Crippen LogP contribution in [0, 0.1) is 6.92 Å². The van der Waals surface area contributed by atoms with Gasteiger partial charge in [0.15, 0.2) is 5.13 Å². The zero-order valence-corrected chi connectivity index (χ0v) is 16.7. The van der Waals surface area contributed by atoms with Gasteiger partial charge in [-0.15, -0.1) is 0 Å². The SMILES string of the molecule is Cc1ccc2c(c1)ncn2Cc1ccc2nc(NC3CCCCC3O)sc2c1. The van der Waals surface area contributed by atoms with Crippen molar-refractivity contribution < 1.29 is 5.11 Å². The van der Waals surface area contributed by atoms with Crippen LogP contribution in [0.5, 0.6) is 0 Å². The Balaban J connectivity index is 1.38. The molecule has 28 heavy (non-hydrogen) atoms. The average molecular weight is 393 g/mol. The first-order valence-corrected chi connectivity index (χ1v) is 10.7. The molecule has 5 nitrogen and oxygen atoms in total. The van der Waals surface area contributed by atoms with Crippen LogP contribution in [0.15, 0.2) is 42.7 Å². The highest BCUT2D eigenvalue weighted by Gasteiger charge is 2.23. The second kappa shape index (κ2) is 7.18. The number of hydrogen-bond acceptors (Lipinski definition) is 5. The topological polar surface area (TPSA) is 63.0 Å². The number of benzene rings is 2. The van der Waals surface area contributed by atoms with E-state index in [4.69, 9.17) is 4.98 Å². The van der Waals surface area contributed by atoms with Crippen LogP contribution in [0.25, 0.3) is 21.3 Å². The van der Waals surface area contributed by atoms with Gasteiger partial charge in [-0.2, -0.15) is 0 Å². The van der Waals surface area contributed by atoms with Crippen molar-refractivity contribution in [2.75, 3.05) is 5.32 Å². The van der Waals surface area contributed by atoms with E-state index in [0.29, 0.717) is 0 Å². The highest BCUT2D eigenvalue weighted by atomic mass is 32.1. The summed E-state index contributed by atoms with van der Waals surface area (Å²) in [5, 5.41) is 14.6. The number of rotatable bonds is 4. The minimum absolute atomic E-state index is 0.120. The number of nitrogens with one attached hydrogen (secondary N) is 1. The molecule has 0 bridgehead atoms. The van der Waals surface area contributed by atoms with Crippen LogP contribution in [0.1, 0.15) is 36.8 Å². The fourth-order valence-corrected chi connectivity index (χ4v) is 5.06. The predicted molar refractivity (Wildman–Crippen MR) is 115 cm³/mol. The summed E-state index contributed by atoms with van der Waals surface area (Å²) in [6.45, 7) is 2.88. The number of fused-ring (bicyclic) bond motifs is 2. The Morgan fingerprint density at radius 2 is 2.04 bits per heavy atom. The van der Waals surface area contributed by atoms with Crippen LogP contribution < -0.4 is 5.32 Å². The number of aliphatic hydroxyl groups is 1.